The number of hydrogen-bond donors (Lipinski definition) is 3. The molecular weight excluding hydrogens is 360 g/mol. The third kappa shape index (κ3) is 5.73. The standard InChI is InChI=1S/C19H32N6O3/c1-3-20-18(26)8-12(2)28-19(27)16-10-15-9-13(4-6-14(15)11-21-16)5-7-17-22-24-25-23-17/h12-16,21H,3-11H2,1-2H3,(H,20,26)(H,22,23,24,25)/t12-,13-,14+,15-,16+/m1/s1/i16D. The molecule has 156 valence electrons. The number of tetrazole rings is 1. The minimum Gasteiger partial charge on any atom is -0.461 e. The van der Waals surface area contributed by atoms with Crippen LogP contribution in [0.15, 0.2) is 0 Å². The third-order valence-corrected chi connectivity index (χ3v) is 5.86. The number of carbonyl (C=O) groups excluding carboxylic acids is 2. The summed E-state index contributed by atoms with van der Waals surface area (Å²) in [6.45, 7) is 4.73. The van der Waals surface area contributed by atoms with Crippen LogP contribution in [0.3, 0.4) is 0 Å². The number of carbonyl (C=O) groups is 2. The lowest BCUT2D eigenvalue weighted by atomic mass is 9.69. The minimum absolute atomic E-state index is 0.111. The van der Waals surface area contributed by atoms with Gasteiger partial charge in [0.2, 0.25) is 5.91 Å². The summed E-state index contributed by atoms with van der Waals surface area (Å²) in [4.78, 5) is 24.4. The van der Waals surface area contributed by atoms with Crippen molar-refractivity contribution in [3.05, 3.63) is 5.82 Å². The maximum atomic E-state index is 12.7. The Kier molecular flexibility index (Phi) is 6.86. The first kappa shape index (κ1) is 19.3. The molecule has 0 unspecified atom stereocenters. The van der Waals surface area contributed by atoms with Gasteiger partial charge in [-0.3, -0.25) is 9.59 Å². The van der Waals surface area contributed by atoms with Gasteiger partial charge in [0.1, 0.15) is 12.1 Å². The number of rotatable bonds is 8. The molecule has 9 heteroatoms. The largest absolute Gasteiger partial charge is 0.461 e. The zero-order valence-corrected chi connectivity index (χ0v) is 16.7. The molecule has 28 heavy (non-hydrogen) atoms. The van der Waals surface area contributed by atoms with Gasteiger partial charge in [0.15, 0.2) is 5.82 Å². The van der Waals surface area contributed by atoms with Crippen LogP contribution in [-0.2, 0) is 20.7 Å². The van der Waals surface area contributed by atoms with Gasteiger partial charge >= 0.3 is 5.97 Å². The number of nitrogens with zero attached hydrogens (tertiary/aromatic N) is 3. The Morgan fingerprint density at radius 2 is 2.21 bits per heavy atom. The first-order chi connectivity index (χ1) is 13.9. The van der Waals surface area contributed by atoms with Crippen LogP contribution in [0.25, 0.3) is 0 Å². The highest BCUT2D eigenvalue weighted by Crippen LogP contribution is 2.40. The van der Waals surface area contributed by atoms with E-state index in [1.807, 2.05) is 6.92 Å². The van der Waals surface area contributed by atoms with Crippen LogP contribution >= 0.6 is 0 Å². The number of esters is 1. The molecule has 0 bridgehead atoms. The predicted molar refractivity (Wildman–Crippen MR) is 102 cm³/mol. The van der Waals surface area contributed by atoms with Gasteiger partial charge in [-0.25, -0.2) is 0 Å². The minimum atomic E-state index is -1.44. The molecule has 2 aliphatic rings. The summed E-state index contributed by atoms with van der Waals surface area (Å²) in [5, 5.41) is 19.9. The first-order valence-electron chi connectivity index (χ1n) is 10.8. The maximum absolute atomic E-state index is 12.7. The molecule has 0 aromatic carbocycles. The fourth-order valence-corrected chi connectivity index (χ4v) is 4.40. The van der Waals surface area contributed by atoms with E-state index in [0.717, 1.165) is 37.9 Å². The average molecular weight is 394 g/mol. The van der Waals surface area contributed by atoms with E-state index in [1.54, 1.807) is 6.92 Å². The molecule has 3 rings (SSSR count). The Morgan fingerprint density at radius 1 is 1.36 bits per heavy atom. The molecule has 1 aliphatic heterocycles. The molecule has 2 heterocycles. The van der Waals surface area contributed by atoms with Crippen LogP contribution < -0.4 is 10.6 Å². The van der Waals surface area contributed by atoms with E-state index in [-0.39, 0.29) is 12.3 Å². The van der Waals surface area contributed by atoms with Gasteiger partial charge in [-0.1, -0.05) is 11.6 Å². The van der Waals surface area contributed by atoms with Crippen molar-refractivity contribution in [2.24, 2.45) is 17.8 Å². The quantitative estimate of drug-likeness (QED) is 0.563. The van der Waals surface area contributed by atoms with Gasteiger partial charge in [-0.05, 0) is 63.8 Å². The van der Waals surface area contributed by atoms with Crippen molar-refractivity contribution in [2.45, 2.75) is 70.9 Å². The maximum Gasteiger partial charge on any atom is 0.323 e. The third-order valence-electron chi connectivity index (χ3n) is 5.86. The topological polar surface area (TPSA) is 122 Å². The second-order valence-electron chi connectivity index (χ2n) is 8.00. The van der Waals surface area contributed by atoms with Crippen LogP contribution in [0.1, 0.15) is 59.6 Å². The predicted octanol–water partition coefficient (Wildman–Crippen LogP) is 0.985. The monoisotopic (exact) mass is 393 g/mol. The molecule has 1 aromatic heterocycles. The normalized spacial score (nSPS) is 31.4. The summed E-state index contributed by atoms with van der Waals surface area (Å²) in [6.07, 6.45) is 5.06. The van der Waals surface area contributed by atoms with Gasteiger partial charge in [-0.2, -0.15) is 5.21 Å². The fraction of sp³-hybridized carbons (Fsp3) is 0.842. The van der Waals surface area contributed by atoms with Crippen molar-refractivity contribution < 1.29 is 15.7 Å². The molecule has 1 aliphatic carbocycles. The van der Waals surface area contributed by atoms with Gasteiger partial charge in [-0.15, -0.1) is 10.2 Å². The van der Waals surface area contributed by atoms with Gasteiger partial charge < -0.3 is 15.4 Å². The number of aromatic nitrogens is 4. The molecule has 1 saturated carbocycles. The molecule has 2 fully saturated rings. The van der Waals surface area contributed by atoms with Crippen molar-refractivity contribution in [3.63, 3.8) is 0 Å². The summed E-state index contributed by atoms with van der Waals surface area (Å²) in [5.74, 6) is 1.36. The van der Waals surface area contributed by atoms with Gasteiger partial charge in [0.05, 0.1) is 7.79 Å². The molecule has 0 radical (unpaired) electrons. The van der Waals surface area contributed by atoms with Crippen LogP contribution in [0, 0.1) is 17.8 Å². The van der Waals surface area contributed by atoms with E-state index < -0.39 is 18.1 Å². The number of hydrogen-bond acceptors (Lipinski definition) is 7. The second-order valence-corrected chi connectivity index (χ2v) is 8.00. The molecule has 0 spiro atoms. The Bertz CT molecular complexity index is 687. The number of ether oxygens (including phenoxy) is 1. The SMILES string of the molecule is [2H][C@@]1(C(=O)O[C@H](C)CC(=O)NCC)C[C@H]2C[C@@H](CCc3nn[nH]n3)CC[C@H]2CN1. The molecule has 1 saturated heterocycles. The number of fused-ring (bicyclic) bond motifs is 1. The molecule has 5 atom stereocenters. The van der Waals surface area contributed by atoms with E-state index in [4.69, 9.17) is 6.11 Å². The van der Waals surface area contributed by atoms with E-state index in [0.29, 0.717) is 37.3 Å². The van der Waals surface area contributed by atoms with E-state index >= 15 is 0 Å². The molecular formula is C19H32N6O3. The van der Waals surface area contributed by atoms with Crippen molar-refractivity contribution in [3.8, 4) is 0 Å². The number of piperidine rings is 1. The highest BCUT2D eigenvalue weighted by atomic mass is 16.5. The number of aromatic amines is 1. The lowest BCUT2D eigenvalue weighted by molar-refractivity contribution is -0.153. The Labute approximate surface area is 167 Å². The van der Waals surface area contributed by atoms with Crippen LogP contribution in [0.5, 0.6) is 0 Å². The number of H-pyrrole nitrogens is 1. The van der Waals surface area contributed by atoms with Crippen LogP contribution in [-0.4, -0.2) is 57.7 Å². The summed E-state index contributed by atoms with van der Waals surface area (Å²) in [5.41, 5.74) is 0. The molecule has 3 N–H and O–H groups in total. The fourth-order valence-electron chi connectivity index (χ4n) is 4.40. The highest BCUT2D eigenvalue weighted by Gasteiger charge is 2.38. The Hall–Kier alpha value is -2.03. The van der Waals surface area contributed by atoms with Crippen LogP contribution in [0.4, 0.5) is 0 Å². The zero-order valence-electron chi connectivity index (χ0n) is 17.7. The summed E-state index contributed by atoms with van der Waals surface area (Å²) >= 11 is 0. The smallest absolute Gasteiger partial charge is 0.323 e. The lowest BCUT2D eigenvalue weighted by Crippen LogP contribution is -2.50. The van der Waals surface area contributed by atoms with Crippen molar-refractivity contribution in [1.82, 2.24) is 31.3 Å². The van der Waals surface area contributed by atoms with Crippen molar-refractivity contribution >= 4 is 11.9 Å². The molecule has 1 amide bonds. The Morgan fingerprint density at radius 3 is 2.96 bits per heavy atom. The number of amides is 1. The number of nitrogens with one attached hydrogen (secondary N) is 3. The van der Waals surface area contributed by atoms with E-state index in [2.05, 4.69) is 31.3 Å². The highest BCUT2D eigenvalue weighted by molar-refractivity contribution is 5.78. The Balaban J connectivity index is 1.51. The molecule has 9 nitrogen and oxygen atoms in total. The lowest BCUT2D eigenvalue weighted by Gasteiger charge is -2.42. The average Bonchev–Trinajstić information content (AvgIpc) is 3.19. The van der Waals surface area contributed by atoms with Crippen molar-refractivity contribution in [2.75, 3.05) is 13.1 Å². The van der Waals surface area contributed by atoms with Gasteiger partial charge in [0, 0.05) is 13.0 Å². The van der Waals surface area contributed by atoms with E-state index in [1.165, 1.54) is 0 Å². The van der Waals surface area contributed by atoms with Crippen LogP contribution in [0.2, 0.25) is 0 Å². The van der Waals surface area contributed by atoms with E-state index in [9.17, 15) is 9.59 Å². The second kappa shape index (κ2) is 9.95. The van der Waals surface area contributed by atoms with Crippen molar-refractivity contribution in [1.29, 1.82) is 0 Å². The van der Waals surface area contributed by atoms with Gasteiger partial charge in [0.25, 0.3) is 0 Å². The summed E-state index contributed by atoms with van der Waals surface area (Å²) in [6, 6.07) is -1.44. The first-order valence-corrected chi connectivity index (χ1v) is 10.3. The zero-order chi connectivity index (χ0) is 20.9. The number of aryl methyl sites for hydroxylation is 1. The summed E-state index contributed by atoms with van der Waals surface area (Å²) in [7, 11) is 0. The summed E-state index contributed by atoms with van der Waals surface area (Å²) < 4.78 is 14.1. The molecule has 1 aromatic rings.